The zero-order valence-corrected chi connectivity index (χ0v) is 17.7. The summed E-state index contributed by atoms with van der Waals surface area (Å²) in [4.78, 5) is 2.43. The van der Waals surface area contributed by atoms with Gasteiger partial charge in [0.2, 0.25) is 0 Å². The van der Waals surface area contributed by atoms with Crippen LogP contribution in [0, 0.1) is 11.8 Å². The molecule has 1 fully saturated rings. The summed E-state index contributed by atoms with van der Waals surface area (Å²) in [6, 6.07) is 23.5. The number of benzene rings is 3. The van der Waals surface area contributed by atoms with Gasteiger partial charge in [-0.05, 0) is 53.1 Å². The van der Waals surface area contributed by atoms with E-state index < -0.39 is 0 Å². The Morgan fingerprint density at radius 1 is 0.839 bits per heavy atom. The fourth-order valence-corrected chi connectivity index (χ4v) is 3.94. The average molecular weight is 408 g/mol. The standard InChI is InChI=1S/C27H25N3O/c1-29-27-13-12-25(18-26(27)19-28-29)24-10-8-22(9-11-24)3-2-21-4-6-23(7-5-21)20-30-14-16-31-17-15-30/h4-13,18-19H,14-17,20H2,1H3. The Balaban J connectivity index is 1.26. The molecule has 31 heavy (non-hydrogen) atoms. The lowest BCUT2D eigenvalue weighted by molar-refractivity contribution is 0.0342. The van der Waals surface area contributed by atoms with Crippen LogP contribution < -0.4 is 0 Å². The maximum absolute atomic E-state index is 5.42. The molecule has 2 heterocycles. The predicted molar refractivity (Wildman–Crippen MR) is 125 cm³/mol. The molecular formula is C27H25N3O. The smallest absolute Gasteiger partial charge is 0.0679 e. The number of aryl methyl sites for hydroxylation is 1. The van der Waals surface area contributed by atoms with Crippen molar-refractivity contribution >= 4 is 10.9 Å². The SMILES string of the molecule is Cn1ncc2cc(-c3ccc(C#Cc4ccc(CN5CCOCC5)cc4)cc3)ccc21. The van der Waals surface area contributed by atoms with Gasteiger partial charge >= 0.3 is 0 Å². The van der Waals surface area contributed by atoms with Crippen molar-refractivity contribution < 1.29 is 4.74 Å². The van der Waals surface area contributed by atoms with E-state index in [0.29, 0.717) is 0 Å². The molecule has 4 aromatic rings. The first kappa shape index (κ1) is 19.6. The molecule has 3 aromatic carbocycles. The van der Waals surface area contributed by atoms with Crippen LogP contribution >= 0.6 is 0 Å². The third-order valence-electron chi connectivity index (χ3n) is 5.78. The van der Waals surface area contributed by atoms with Gasteiger partial charge in [0.1, 0.15) is 0 Å². The fourth-order valence-electron chi connectivity index (χ4n) is 3.94. The Morgan fingerprint density at radius 2 is 1.48 bits per heavy atom. The zero-order chi connectivity index (χ0) is 21.0. The van der Waals surface area contributed by atoms with Crippen molar-refractivity contribution in [2.45, 2.75) is 6.54 Å². The van der Waals surface area contributed by atoms with Gasteiger partial charge < -0.3 is 4.74 Å². The minimum Gasteiger partial charge on any atom is -0.379 e. The molecule has 1 aromatic heterocycles. The molecule has 5 rings (SSSR count). The molecule has 0 aliphatic carbocycles. The Bertz CT molecular complexity index is 1240. The molecule has 1 saturated heterocycles. The van der Waals surface area contributed by atoms with Crippen molar-refractivity contribution in [3.05, 3.63) is 89.6 Å². The Hall–Kier alpha value is -3.39. The lowest BCUT2D eigenvalue weighted by atomic mass is 10.0. The number of nitrogens with zero attached hydrogens (tertiary/aromatic N) is 3. The van der Waals surface area contributed by atoms with Crippen LogP contribution in [0.25, 0.3) is 22.0 Å². The van der Waals surface area contributed by atoms with E-state index in [0.717, 1.165) is 54.9 Å². The van der Waals surface area contributed by atoms with Crippen molar-refractivity contribution in [2.75, 3.05) is 26.3 Å². The van der Waals surface area contributed by atoms with Crippen LogP contribution in [-0.2, 0) is 18.3 Å². The van der Waals surface area contributed by atoms with Gasteiger partial charge in [0.25, 0.3) is 0 Å². The largest absolute Gasteiger partial charge is 0.379 e. The van der Waals surface area contributed by atoms with Crippen molar-refractivity contribution in [3.63, 3.8) is 0 Å². The highest BCUT2D eigenvalue weighted by atomic mass is 16.5. The fraction of sp³-hybridized carbons (Fsp3) is 0.222. The molecule has 0 amide bonds. The van der Waals surface area contributed by atoms with E-state index in [2.05, 4.69) is 88.6 Å². The second kappa shape index (κ2) is 8.77. The minimum absolute atomic E-state index is 0.834. The third kappa shape index (κ3) is 4.54. The van der Waals surface area contributed by atoms with E-state index in [1.807, 2.05) is 17.9 Å². The van der Waals surface area contributed by atoms with Gasteiger partial charge in [-0.3, -0.25) is 9.58 Å². The highest BCUT2D eigenvalue weighted by molar-refractivity contribution is 5.84. The lowest BCUT2D eigenvalue weighted by Crippen LogP contribution is -2.35. The molecule has 0 N–H and O–H groups in total. The molecule has 154 valence electrons. The third-order valence-corrected chi connectivity index (χ3v) is 5.78. The van der Waals surface area contributed by atoms with Crippen molar-refractivity contribution in [1.29, 1.82) is 0 Å². The quantitative estimate of drug-likeness (QED) is 0.470. The van der Waals surface area contributed by atoms with Crippen LogP contribution in [0.4, 0.5) is 0 Å². The molecule has 4 nitrogen and oxygen atoms in total. The van der Waals surface area contributed by atoms with Crippen LogP contribution in [0.1, 0.15) is 16.7 Å². The summed E-state index contributed by atoms with van der Waals surface area (Å²) in [6.45, 7) is 4.66. The number of hydrogen-bond donors (Lipinski definition) is 0. The van der Waals surface area contributed by atoms with Crippen LogP contribution in [0.2, 0.25) is 0 Å². The maximum Gasteiger partial charge on any atom is 0.0679 e. The first-order valence-electron chi connectivity index (χ1n) is 10.7. The second-order valence-electron chi connectivity index (χ2n) is 7.95. The van der Waals surface area contributed by atoms with E-state index >= 15 is 0 Å². The summed E-state index contributed by atoms with van der Waals surface area (Å²) in [5.74, 6) is 6.57. The van der Waals surface area contributed by atoms with Crippen LogP contribution in [-0.4, -0.2) is 41.0 Å². The topological polar surface area (TPSA) is 30.3 Å². The summed E-state index contributed by atoms with van der Waals surface area (Å²) in [7, 11) is 1.97. The van der Waals surface area contributed by atoms with Gasteiger partial charge in [-0.1, -0.05) is 42.2 Å². The molecule has 0 radical (unpaired) electrons. The Labute approximate surface area is 183 Å². The molecule has 0 saturated carbocycles. The minimum atomic E-state index is 0.834. The molecule has 1 aliphatic heterocycles. The van der Waals surface area contributed by atoms with E-state index in [1.54, 1.807) is 0 Å². The predicted octanol–water partition coefficient (Wildman–Crippen LogP) is 4.47. The Kier molecular flexibility index (Phi) is 5.54. The van der Waals surface area contributed by atoms with Crippen LogP contribution in [0.5, 0.6) is 0 Å². The molecule has 0 spiro atoms. The van der Waals surface area contributed by atoms with Gasteiger partial charge in [-0.2, -0.15) is 5.10 Å². The van der Waals surface area contributed by atoms with Gasteiger partial charge in [0.05, 0.1) is 24.9 Å². The van der Waals surface area contributed by atoms with Gasteiger partial charge in [-0.15, -0.1) is 0 Å². The highest BCUT2D eigenvalue weighted by Gasteiger charge is 2.10. The average Bonchev–Trinajstić information content (AvgIpc) is 3.20. The highest BCUT2D eigenvalue weighted by Crippen LogP contribution is 2.24. The van der Waals surface area contributed by atoms with Crippen LogP contribution in [0.15, 0.2) is 72.9 Å². The molecule has 1 aliphatic rings. The molecular weight excluding hydrogens is 382 g/mol. The van der Waals surface area contributed by atoms with Crippen LogP contribution in [0.3, 0.4) is 0 Å². The molecule has 4 heteroatoms. The van der Waals surface area contributed by atoms with E-state index in [9.17, 15) is 0 Å². The second-order valence-corrected chi connectivity index (χ2v) is 7.95. The molecule has 0 bridgehead atoms. The monoisotopic (exact) mass is 407 g/mol. The molecule has 0 unspecified atom stereocenters. The van der Waals surface area contributed by atoms with E-state index in [4.69, 9.17) is 4.74 Å². The lowest BCUT2D eigenvalue weighted by Gasteiger charge is -2.26. The zero-order valence-electron chi connectivity index (χ0n) is 17.7. The number of hydrogen-bond acceptors (Lipinski definition) is 3. The normalized spacial score (nSPS) is 14.4. The van der Waals surface area contributed by atoms with Gasteiger partial charge in [0, 0.05) is 43.2 Å². The summed E-state index contributed by atoms with van der Waals surface area (Å²) in [5, 5.41) is 5.48. The number of ether oxygens (including phenoxy) is 1. The Morgan fingerprint density at radius 3 is 2.19 bits per heavy atom. The summed E-state index contributed by atoms with van der Waals surface area (Å²) >= 11 is 0. The van der Waals surface area contributed by atoms with Crippen molar-refractivity contribution in [2.24, 2.45) is 7.05 Å². The van der Waals surface area contributed by atoms with Crippen molar-refractivity contribution in [1.82, 2.24) is 14.7 Å². The summed E-state index contributed by atoms with van der Waals surface area (Å²) in [6.07, 6.45) is 1.91. The van der Waals surface area contributed by atoms with Crippen molar-refractivity contribution in [3.8, 4) is 23.0 Å². The maximum atomic E-state index is 5.42. The molecule has 0 atom stereocenters. The summed E-state index contributed by atoms with van der Waals surface area (Å²) < 4.78 is 7.31. The first-order valence-corrected chi connectivity index (χ1v) is 10.7. The number of rotatable bonds is 3. The first-order chi connectivity index (χ1) is 15.2. The van der Waals surface area contributed by atoms with E-state index in [-0.39, 0.29) is 0 Å². The number of aromatic nitrogens is 2. The number of fused-ring (bicyclic) bond motifs is 1. The number of morpholine rings is 1. The van der Waals surface area contributed by atoms with Gasteiger partial charge in [-0.25, -0.2) is 0 Å². The summed E-state index contributed by atoms with van der Waals surface area (Å²) in [5.41, 5.74) is 6.89. The van der Waals surface area contributed by atoms with Gasteiger partial charge in [0.15, 0.2) is 0 Å². The van der Waals surface area contributed by atoms with E-state index in [1.165, 1.54) is 16.7 Å².